The van der Waals surface area contributed by atoms with Gasteiger partial charge in [-0.15, -0.1) is 23.7 Å². The molecule has 0 saturated carbocycles. The van der Waals surface area contributed by atoms with E-state index in [9.17, 15) is 0 Å². The van der Waals surface area contributed by atoms with Gasteiger partial charge in [-0.25, -0.2) is 4.98 Å². The summed E-state index contributed by atoms with van der Waals surface area (Å²) in [6, 6.07) is 14.6. The number of rotatable bonds is 1. The third-order valence-electron chi connectivity index (χ3n) is 2.57. The zero-order chi connectivity index (χ0) is 11.0. The first kappa shape index (κ1) is 11.9. The van der Waals surface area contributed by atoms with Crippen LogP contribution < -0.4 is 5.73 Å². The molecule has 0 aliphatic heterocycles. The molecule has 1 heterocycles. The molecule has 0 amide bonds. The first-order chi connectivity index (χ1) is 7.83. The fourth-order valence-electron chi connectivity index (χ4n) is 1.77. The van der Waals surface area contributed by atoms with Crippen molar-refractivity contribution < 1.29 is 0 Å². The molecule has 1 aromatic heterocycles. The molecule has 2 N–H and O–H groups in total. The van der Waals surface area contributed by atoms with E-state index in [1.807, 2.05) is 17.5 Å². The second kappa shape index (κ2) is 4.73. The van der Waals surface area contributed by atoms with Crippen LogP contribution in [0.5, 0.6) is 0 Å². The number of thiazole rings is 1. The zero-order valence-electron chi connectivity index (χ0n) is 8.96. The summed E-state index contributed by atoms with van der Waals surface area (Å²) in [5, 5.41) is 5.07. The molecule has 0 fully saturated rings. The number of halogens is 1. The van der Waals surface area contributed by atoms with Crippen molar-refractivity contribution in [2.45, 2.75) is 0 Å². The van der Waals surface area contributed by atoms with Crippen molar-refractivity contribution in [1.29, 1.82) is 0 Å². The maximum Gasteiger partial charge on any atom is 0.180 e. The van der Waals surface area contributed by atoms with Crippen LogP contribution in [0, 0.1) is 0 Å². The van der Waals surface area contributed by atoms with Crippen LogP contribution in [-0.4, -0.2) is 4.98 Å². The van der Waals surface area contributed by atoms with Crippen LogP contribution in [-0.2, 0) is 0 Å². The van der Waals surface area contributed by atoms with Crippen LogP contribution in [0.25, 0.3) is 22.0 Å². The second-order valence-corrected chi connectivity index (χ2v) is 4.52. The number of nitrogens with two attached hydrogens (primary N) is 1. The van der Waals surface area contributed by atoms with Gasteiger partial charge in [0.05, 0.1) is 5.69 Å². The molecule has 0 unspecified atom stereocenters. The first-order valence-electron chi connectivity index (χ1n) is 5.03. The van der Waals surface area contributed by atoms with Crippen molar-refractivity contribution in [1.82, 2.24) is 4.98 Å². The minimum Gasteiger partial charge on any atom is -0.375 e. The fourth-order valence-corrected chi connectivity index (χ4v) is 2.34. The van der Waals surface area contributed by atoms with Crippen LogP contribution in [0.1, 0.15) is 0 Å². The first-order valence-corrected chi connectivity index (χ1v) is 5.91. The van der Waals surface area contributed by atoms with Gasteiger partial charge in [-0.2, -0.15) is 0 Å². The van der Waals surface area contributed by atoms with Crippen LogP contribution in [0.3, 0.4) is 0 Å². The molecule has 2 nitrogen and oxygen atoms in total. The Hall–Kier alpha value is -1.58. The topological polar surface area (TPSA) is 38.9 Å². The Morgan fingerprint density at radius 3 is 2.47 bits per heavy atom. The average molecular weight is 263 g/mol. The van der Waals surface area contributed by atoms with E-state index in [-0.39, 0.29) is 12.4 Å². The highest BCUT2D eigenvalue weighted by Gasteiger charge is 2.02. The van der Waals surface area contributed by atoms with Gasteiger partial charge in [0.15, 0.2) is 5.13 Å². The lowest BCUT2D eigenvalue weighted by molar-refractivity contribution is 1.42. The van der Waals surface area contributed by atoms with Crippen molar-refractivity contribution in [3.05, 3.63) is 47.8 Å². The van der Waals surface area contributed by atoms with Gasteiger partial charge in [0.25, 0.3) is 0 Å². The van der Waals surface area contributed by atoms with Crippen LogP contribution in [0.15, 0.2) is 47.8 Å². The Kier molecular flexibility index (Phi) is 3.31. The summed E-state index contributed by atoms with van der Waals surface area (Å²) in [6.07, 6.45) is 0. The lowest BCUT2D eigenvalue weighted by Gasteiger charge is -2.00. The van der Waals surface area contributed by atoms with Crippen LogP contribution in [0.4, 0.5) is 5.13 Å². The predicted molar refractivity (Wildman–Crippen MR) is 76.7 cm³/mol. The lowest BCUT2D eigenvalue weighted by atomic mass is 10.1. The quantitative estimate of drug-likeness (QED) is 0.721. The minimum atomic E-state index is 0. The predicted octanol–water partition coefficient (Wildman–Crippen LogP) is 3.97. The van der Waals surface area contributed by atoms with E-state index in [1.54, 1.807) is 0 Å². The maximum atomic E-state index is 5.64. The standard InChI is InChI=1S/C13H10N2S.ClH/c14-13-15-12(8-16-13)11-6-5-9-3-1-2-4-10(9)7-11;/h1-8H,(H2,14,15);1H. The molecule has 0 bridgehead atoms. The Morgan fingerprint density at radius 1 is 1.00 bits per heavy atom. The van der Waals surface area contributed by atoms with E-state index in [1.165, 1.54) is 22.1 Å². The number of aromatic nitrogens is 1. The van der Waals surface area contributed by atoms with Gasteiger partial charge in [0.2, 0.25) is 0 Å². The number of nitrogen functional groups attached to an aromatic ring is 1. The van der Waals surface area contributed by atoms with E-state index in [0.717, 1.165) is 11.3 Å². The fraction of sp³-hybridized carbons (Fsp3) is 0. The van der Waals surface area contributed by atoms with Crippen molar-refractivity contribution in [2.75, 3.05) is 5.73 Å². The summed E-state index contributed by atoms with van der Waals surface area (Å²) < 4.78 is 0. The minimum absolute atomic E-state index is 0. The Bertz CT molecular complexity index is 648. The van der Waals surface area contributed by atoms with Gasteiger partial charge in [-0.05, 0) is 16.8 Å². The van der Waals surface area contributed by atoms with E-state index in [2.05, 4.69) is 35.3 Å². The van der Waals surface area contributed by atoms with E-state index in [4.69, 9.17) is 5.73 Å². The molecule has 0 spiro atoms. The molecule has 4 heteroatoms. The number of hydrogen-bond donors (Lipinski definition) is 1. The van der Waals surface area contributed by atoms with Gasteiger partial charge in [0, 0.05) is 10.9 Å². The second-order valence-electron chi connectivity index (χ2n) is 3.63. The summed E-state index contributed by atoms with van der Waals surface area (Å²) in [5.41, 5.74) is 7.71. The summed E-state index contributed by atoms with van der Waals surface area (Å²) in [7, 11) is 0. The highest BCUT2D eigenvalue weighted by atomic mass is 35.5. The highest BCUT2D eigenvalue weighted by molar-refractivity contribution is 7.13. The SMILES string of the molecule is Cl.Nc1nc(-c2ccc3ccccc3c2)cs1. The number of nitrogens with zero attached hydrogens (tertiary/aromatic N) is 1. The third kappa shape index (κ3) is 2.25. The molecular formula is C13H11ClN2S. The zero-order valence-corrected chi connectivity index (χ0v) is 10.6. The molecule has 0 atom stereocenters. The van der Waals surface area contributed by atoms with Gasteiger partial charge < -0.3 is 5.73 Å². The molecule has 0 radical (unpaired) electrons. The molecule has 0 aliphatic carbocycles. The Labute approximate surface area is 110 Å². The van der Waals surface area contributed by atoms with Gasteiger partial charge in [-0.1, -0.05) is 36.4 Å². The number of benzene rings is 2. The monoisotopic (exact) mass is 262 g/mol. The number of fused-ring (bicyclic) bond motifs is 1. The number of anilines is 1. The molecule has 3 aromatic rings. The summed E-state index contributed by atoms with van der Waals surface area (Å²) in [6.45, 7) is 0. The Morgan fingerprint density at radius 2 is 1.76 bits per heavy atom. The normalized spacial score (nSPS) is 10.1. The summed E-state index contributed by atoms with van der Waals surface area (Å²) in [4.78, 5) is 4.28. The van der Waals surface area contributed by atoms with Gasteiger partial charge >= 0.3 is 0 Å². The van der Waals surface area contributed by atoms with Crippen LogP contribution in [0.2, 0.25) is 0 Å². The maximum absolute atomic E-state index is 5.64. The molecule has 0 saturated heterocycles. The van der Waals surface area contributed by atoms with Gasteiger partial charge in [-0.3, -0.25) is 0 Å². The van der Waals surface area contributed by atoms with Crippen molar-refractivity contribution in [3.8, 4) is 11.3 Å². The Balaban J connectivity index is 0.00000108. The van der Waals surface area contributed by atoms with Gasteiger partial charge in [0.1, 0.15) is 0 Å². The van der Waals surface area contributed by atoms with E-state index < -0.39 is 0 Å². The van der Waals surface area contributed by atoms with Crippen molar-refractivity contribution >= 4 is 39.6 Å². The van der Waals surface area contributed by atoms with Crippen molar-refractivity contribution in [3.63, 3.8) is 0 Å². The summed E-state index contributed by atoms with van der Waals surface area (Å²) >= 11 is 1.47. The lowest BCUT2D eigenvalue weighted by Crippen LogP contribution is -1.83. The molecular weight excluding hydrogens is 252 g/mol. The molecule has 2 aromatic carbocycles. The smallest absolute Gasteiger partial charge is 0.180 e. The van der Waals surface area contributed by atoms with Crippen molar-refractivity contribution in [2.24, 2.45) is 0 Å². The largest absolute Gasteiger partial charge is 0.375 e. The molecule has 86 valence electrons. The molecule has 0 aliphatic rings. The number of hydrogen-bond acceptors (Lipinski definition) is 3. The van der Waals surface area contributed by atoms with E-state index >= 15 is 0 Å². The average Bonchev–Trinajstić information content (AvgIpc) is 2.75. The van der Waals surface area contributed by atoms with Crippen LogP contribution >= 0.6 is 23.7 Å². The van der Waals surface area contributed by atoms with E-state index in [0.29, 0.717) is 5.13 Å². The molecule has 3 rings (SSSR count). The third-order valence-corrected chi connectivity index (χ3v) is 3.24. The summed E-state index contributed by atoms with van der Waals surface area (Å²) in [5.74, 6) is 0. The molecule has 17 heavy (non-hydrogen) atoms. The highest BCUT2D eigenvalue weighted by Crippen LogP contribution is 2.26.